The minimum atomic E-state index is -5.59. The zero-order chi connectivity index (χ0) is 62.6. The normalized spacial score (nSPS) is 26.0. The molecular formula is C63H85F8N7O8S. The van der Waals surface area contributed by atoms with Gasteiger partial charge in [0.2, 0.25) is 0 Å². The summed E-state index contributed by atoms with van der Waals surface area (Å²) in [6, 6.07) is 10.4. The monoisotopic (exact) mass is 1250 g/mol. The number of unbranched alkanes of at least 4 members (excludes halogenated alkanes) is 6. The molecular weight excluding hydrogens is 1170 g/mol. The molecule has 1 aliphatic heterocycles. The molecule has 482 valence electrons. The van der Waals surface area contributed by atoms with Gasteiger partial charge in [-0.15, -0.1) is 0 Å². The molecule has 7 atom stereocenters. The summed E-state index contributed by atoms with van der Waals surface area (Å²) in [7, 11) is -1.42. The molecule has 0 spiro atoms. The van der Waals surface area contributed by atoms with Gasteiger partial charge in [-0.1, -0.05) is 65.4 Å². The molecule has 4 fully saturated rings. The molecule has 1 aromatic heterocycles. The van der Waals surface area contributed by atoms with Crippen molar-refractivity contribution in [3.8, 4) is 11.4 Å². The number of piperazine rings is 1. The van der Waals surface area contributed by atoms with E-state index in [1.54, 1.807) is 4.90 Å². The number of nitrogens with two attached hydrogens (primary N) is 1. The number of hydrogen-bond donors (Lipinski definition) is 4. The van der Waals surface area contributed by atoms with E-state index in [1.807, 2.05) is 26.0 Å². The number of aromatic nitrogens is 2. The number of ether oxygens (including phenoxy) is 2. The van der Waals surface area contributed by atoms with Crippen LogP contribution in [0.25, 0.3) is 5.69 Å². The fourth-order valence-corrected chi connectivity index (χ4v) is 16.3. The van der Waals surface area contributed by atoms with Crippen molar-refractivity contribution in [2.45, 2.75) is 198 Å². The Morgan fingerprint density at radius 1 is 0.828 bits per heavy atom. The van der Waals surface area contributed by atoms with E-state index in [0.717, 1.165) is 81.7 Å². The van der Waals surface area contributed by atoms with Crippen molar-refractivity contribution in [2.24, 2.45) is 34.3 Å². The zero-order valence-electron chi connectivity index (χ0n) is 50.1. The molecule has 1 saturated heterocycles. The van der Waals surface area contributed by atoms with Crippen LogP contribution < -0.4 is 21.1 Å². The average Bonchev–Trinajstić information content (AvgIpc) is 1.79. The Labute approximate surface area is 506 Å². The van der Waals surface area contributed by atoms with Crippen molar-refractivity contribution >= 4 is 40.4 Å². The highest BCUT2D eigenvalue weighted by Gasteiger charge is 2.58. The summed E-state index contributed by atoms with van der Waals surface area (Å²) in [6.45, 7) is 8.83. The lowest BCUT2D eigenvalue weighted by molar-refractivity contribution is -0.284. The van der Waals surface area contributed by atoms with E-state index in [-0.39, 0.29) is 59.2 Å². The second kappa shape index (κ2) is 27.4. The van der Waals surface area contributed by atoms with Crippen LogP contribution in [-0.2, 0) is 34.6 Å². The average molecular weight is 1250 g/mol. The first kappa shape index (κ1) is 66.1. The topological polar surface area (TPSA) is 198 Å². The smallest absolute Gasteiger partial charge is 0.446 e. The predicted molar refractivity (Wildman–Crippen MR) is 313 cm³/mol. The maximum absolute atomic E-state index is 14.2. The lowest BCUT2D eigenvalue weighted by atomic mass is 9.52. The van der Waals surface area contributed by atoms with Gasteiger partial charge in [-0.3, -0.25) is 18.7 Å². The Hall–Kier alpha value is -5.36. The van der Waals surface area contributed by atoms with Crippen LogP contribution in [-0.4, -0.2) is 134 Å². The number of nitrogens with one attached hydrogen (secondary N) is 2. The Kier molecular flexibility index (Phi) is 20.8. The van der Waals surface area contributed by atoms with E-state index >= 15 is 0 Å². The van der Waals surface area contributed by atoms with Gasteiger partial charge < -0.3 is 35.8 Å². The molecule has 5 aliphatic carbocycles. The molecule has 2 aromatic carbocycles. The first-order valence-electron chi connectivity index (χ1n) is 31.3. The largest absolute Gasteiger partial charge is 0.453 e. The second-order valence-corrected chi connectivity index (χ2v) is 28.1. The number of carbonyl (C=O) groups excluding carboxylic acids is 4. The molecule has 9 rings (SSSR count). The molecule has 24 heteroatoms. The van der Waals surface area contributed by atoms with Crippen LogP contribution in [0.15, 0.2) is 36.4 Å². The number of amides is 3. The molecule has 3 saturated carbocycles. The van der Waals surface area contributed by atoms with Crippen LogP contribution in [0.5, 0.6) is 5.75 Å². The molecule has 6 aliphatic rings. The quantitative estimate of drug-likeness (QED) is 0.0520. The Balaban J connectivity index is 0.687. The molecule has 15 nitrogen and oxygen atoms in total. The summed E-state index contributed by atoms with van der Waals surface area (Å²) in [4.78, 5) is 55.9. The third kappa shape index (κ3) is 15.8. The number of nitrogens with zero attached hydrogens (tertiary/aromatic N) is 4. The number of primary amides is 1. The van der Waals surface area contributed by atoms with Crippen LogP contribution in [0.3, 0.4) is 0 Å². The number of benzene rings is 2. The number of fused-ring (bicyclic) bond motifs is 6. The maximum atomic E-state index is 14.2. The van der Waals surface area contributed by atoms with Crippen LogP contribution in [0.4, 0.5) is 50.4 Å². The number of rotatable bonds is 23. The number of halogens is 8. The fraction of sp³-hybridized carbons (Fsp3) is 0.698. The van der Waals surface area contributed by atoms with Crippen molar-refractivity contribution in [2.75, 3.05) is 56.1 Å². The van der Waals surface area contributed by atoms with Crippen molar-refractivity contribution in [1.29, 1.82) is 0 Å². The third-order valence-electron chi connectivity index (χ3n) is 19.7. The van der Waals surface area contributed by atoms with Crippen molar-refractivity contribution in [3.05, 3.63) is 70.0 Å². The van der Waals surface area contributed by atoms with Gasteiger partial charge in [0.1, 0.15) is 11.9 Å². The van der Waals surface area contributed by atoms with Crippen LogP contribution in [0.2, 0.25) is 0 Å². The number of Topliss-reactive ketones (excluding diaryl/α,β-unsaturated/α-hetero) is 1. The van der Waals surface area contributed by atoms with Gasteiger partial charge in [0.15, 0.2) is 11.5 Å². The summed E-state index contributed by atoms with van der Waals surface area (Å²) in [5.41, 5.74) is 6.75. The summed E-state index contributed by atoms with van der Waals surface area (Å²) in [5, 5.41) is 21.3. The van der Waals surface area contributed by atoms with Gasteiger partial charge in [0.05, 0.1) is 28.6 Å². The molecule has 87 heavy (non-hydrogen) atoms. The van der Waals surface area contributed by atoms with Crippen molar-refractivity contribution in [3.63, 3.8) is 0 Å². The molecule has 0 radical (unpaired) electrons. The van der Waals surface area contributed by atoms with E-state index < -0.39 is 82.5 Å². The molecule has 0 bridgehead atoms. The van der Waals surface area contributed by atoms with Crippen molar-refractivity contribution < 1.29 is 73.1 Å². The number of alkyl carbamates (subject to hydrolysis) is 1. The Morgan fingerprint density at radius 2 is 1.52 bits per heavy atom. The van der Waals surface area contributed by atoms with Crippen molar-refractivity contribution in [1.82, 2.24) is 24.9 Å². The highest BCUT2D eigenvalue weighted by atomic mass is 32.2. The molecule has 3 aromatic rings. The van der Waals surface area contributed by atoms with Gasteiger partial charge in [-0.2, -0.15) is 40.2 Å². The summed E-state index contributed by atoms with van der Waals surface area (Å²) in [5.74, 6) is -3.81. The second-order valence-electron chi connectivity index (χ2n) is 26.4. The minimum absolute atomic E-state index is 0.0449. The first-order chi connectivity index (χ1) is 41.1. The molecule has 1 unspecified atom stereocenters. The van der Waals surface area contributed by atoms with E-state index in [2.05, 4.69) is 33.6 Å². The fourth-order valence-electron chi connectivity index (χ4n) is 15.1. The standard InChI is InChI=1S/C63H85F8N7O8S/c1-59(2)37-50-54(51(79)38-59)55(62(66,67)68)75-78(50)42-15-19-47(56(72)81)49(36-42)74-41-13-16-43(17-14-41)85-57(82)73-26-27-76-28-30-77(31-29-76)58(83)86-44-18-20-45-40(35-44)34-39(53-46(45)23-25-60(3)48(53)21-22-52(60)80)12-9-7-5-4-6-8-10-32-87(84)33-11-24-61(64,65)63(69,70)71/h15,18-20,35-36,39,41,43,46,48,52-53,74,80H,4-14,16-17,21-34,37-38H2,1-3H3,(H2,72,81)(H,73,82)/t39-,41?,43?,46-,48+,52+,53-,60+,87?/m1/s1. The number of ketones is 1. The lowest BCUT2D eigenvalue weighted by Gasteiger charge is -2.53. The van der Waals surface area contributed by atoms with Crippen LogP contribution in [0.1, 0.15) is 192 Å². The first-order valence-corrected chi connectivity index (χ1v) is 32.8. The number of aliphatic hydroxyl groups excluding tert-OH is 1. The summed E-state index contributed by atoms with van der Waals surface area (Å²) >= 11 is 0. The lowest BCUT2D eigenvalue weighted by Crippen LogP contribution is -2.51. The molecule has 2 heterocycles. The zero-order valence-corrected chi connectivity index (χ0v) is 50.9. The van der Waals surface area contributed by atoms with Crippen LogP contribution in [0, 0.1) is 28.6 Å². The minimum Gasteiger partial charge on any atom is -0.446 e. The van der Waals surface area contributed by atoms with Gasteiger partial charge in [0, 0.05) is 86.1 Å². The van der Waals surface area contributed by atoms with E-state index in [4.69, 9.17) is 15.2 Å². The van der Waals surface area contributed by atoms with Crippen LogP contribution >= 0.6 is 0 Å². The van der Waals surface area contributed by atoms with E-state index in [1.165, 1.54) is 29.3 Å². The van der Waals surface area contributed by atoms with Gasteiger partial charge in [0.25, 0.3) is 5.91 Å². The number of hydrogen-bond acceptors (Lipinski definition) is 11. The number of carbonyl (C=O) groups is 4. The highest BCUT2D eigenvalue weighted by molar-refractivity contribution is 7.84. The van der Waals surface area contributed by atoms with Gasteiger partial charge >= 0.3 is 30.5 Å². The highest BCUT2D eigenvalue weighted by Crippen LogP contribution is 2.63. The number of anilines is 1. The number of aliphatic hydroxyl groups is 1. The molecule has 3 amide bonds. The Bertz CT molecular complexity index is 2960. The van der Waals surface area contributed by atoms with E-state index in [9.17, 15) is 63.6 Å². The summed E-state index contributed by atoms with van der Waals surface area (Å²) in [6.07, 6.45) is 0.675. The third-order valence-corrected chi connectivity index (χ3v) is 21.2. The SMILES string of the molecule is CC1(C)CC(=O)c2c(C(F)(F)F)nn(-c3ccc(C(N)=O)c(NC4CCC(OC(=O)NCCN5CCN(C(=O)Oc6ccc7c(c6)C[C@@H](CCCCCCCCCS(=O)CCCC(F)(F)C(F)(F)F)[C@@H]6[C@@H]7CC[C@]7(C)[C@@H](O)CC[C@@H]67)CC5)CC4)c3)c2C1. The van der Waals surface area contributed by atoms with Gasteiger partial charge in [-0.25, -0.2) is 14.3 Å². The van der Waals surface area contributed by atoms with E-state index in [0.29, 0.717) is 112 Å². The maximum Gasteiger partial charge on any atom is 0.453 e. The molecule has 5 N–H and O–H groups in total. The van der Waals surface area contributed by atoms with Gasteiger partial charge in [-0.05, 0) is 159 Å². The number of alkyl halides is 8. The summed E-state index contributed by atoms with van der Waals surface area (Å²) < 4.78 is 131. The Morgan fingerprint density at radius 3 is 2.21 bits per heavy atom. The predicted octanol–water partition coefficient (Wildman–Crippen LogP) is 12.7.